The van der Waals surface area contributed by atoms with Crippen LogP contribution >= 0.6 is 0 Å². The number of nitrogens with one attached hydrogen (secondary N) is 3. The molecule has 144 valence electrons. The summed E-state index contributed by atoms with van der Waals surface area (Å²) in [6.45, 7) is 8.67. The van der Waals surface area contributed by atoms with E-state index in [4.69, 9.17) is 0 Å². The number of hydrogen-bond donors (Lipinski definition) is 3. The number of nitroso groups, excluding NO2 is 1. The van der Waals surface area contributed by atoms with E-state index in [9.17, 15) is 4.91 Å². The van der Waals surface area contributed by atoms with Crippen LogP contribution in [-0.4, -0.2) is 33.4 Å². The second-order valence-corrected chi connectivity index (χ2v) is 6.71. The molecule has 2 rings (SSSR count). The third-order valence-corrected chi connectivity index (χ3v) is 4.98. The Kier molecular flexibility index (Phi) is 7.21. The van der Waals surface area contributed by atoms with E-state index < -0.39 is 5.54 Å². The standard InChI is InChI=1S/C21H29N5O/c1-15-10-11-18(20(23-4)25-13-12-16(2)22-3)21(14-15,24-5)17-8-6-7-9-19(17)26-27/h6-11,14,16,22,24-25H,4,12-13H2,1-3,5H3/b20-18+. The van der Waals surface area contributed by atoms with Crippen molar-refractivity contribution >= 4 is 12.4 Å². The molecule has 0 radical (unpaired) electrons. The Labute approximate surface area is 161 Å². The van der Waals surface area contributed by atoms with Crippen LogP contribution in [0.5, 0.6) is 0 Å². The predicted molar refractivity (Wildman–Crippen MR) is 113 cm³/mol. The lowest BCUT2D eigenvalue weighted by Gasteiger charge is -2.36. The highest BCUT2D eigenvalue weighted by Gasteiger charge is 2.37. The van der Waals surface area contributed by atoms with Gasteiger partial charge in [-0.15, -0.1) is 4.91 Å². The molecule has 6 nitrogen and oxygen atoms in total. The van der Waals surface area contributed by atoms with Gasteiger partial charge in [0, 0.05) is 23.7 Å². The highest BCUT2D eigenvalue weighted by molar-refractivity contribution is 5.61. The van der Waals surface area contributed by atoms with Crippen LogP contribution in [0, 0.1) is 4.91 Å². The van der Waals surface area contributed by atoms with Gasteiger partial charge in [-0.2, -0.15) is 0 Å². The van der Waals surface area contributed by atoms with Gasteiger partial charge in [0.1, 0.15) is 11.5 Å². The number of likely N-dealkylation sites (N-methyl/N-ethyl adjacent to an activating group) is 1. The maximum atomic E-state index is 11.4. The van der Waals surface area contributed by atoms with Crippen molar-refractivity contribution in [2.24, 2.45) is 10.2 Å². The van der Waals surface area contributed by atoms with Crippen LogP contribution in [0.15, 0.2) is 69.6 Å². The average molecular weight is 367 g/mol. The molecule has 0 aliphatic heterocycles. The quantitative estimate of drug-likeness (QED) is 0.461. The summed E-state index contributed by atoms with van der Waals surface area (Å²) in [7, 11) is 3.82. The van der Waals surface area contributed by atoms with Crippen molar-refractivity contribution < 1.29 is 0 Å². The van der Waals surface area contributed by atoms with E-state index in [0.717, 1.165) is 29.7 Å². The summed E-state index contributed by atoms with van der Waals surface area (Å²) in [6, 6.07) is 7.76. The van der Waals surface area contributed by atoms with Gasteiger partial charge in [0.15, 0.2) is 0 Å². The number of hydrogen-bond acceptors (Lipinski definition) is 6. The Bertz CT molecular complexity index is 781. The van der Waals surface area contributed by atoms with E-state index in [-0.39, 0.29) is 0 Å². The first-order chi connectivity index (χ1) is 13.0. The summed E-state index contributed by atoms with van der Waals surface area (Å²) in [4.78, 5) is 15.7. The predicted octanol–water partition coefficient (Wildman–Crippen LogP) is 3.52. The highest BCUT2D eigenvalue weighted by Crippen LogP contribution is 2.41. The molecule has 0 fully saturated rings. The largest absolute Gasteiger partial charge is 0.370 e. The third kappa shape index (κ3) is 4.40. The van der Waals surface area contributed by atoms with Crippen molar-refractivity contribution in [1.82, 2.24) is 16.0 Å². The molecule has 1 aliphatic carbocycles. The van der Waals surface area contributed by atoms with Crippen molar-refractivity contribution in [2.45, 2.75) is 31.8 Å². The summed E-state index contributed by atoms with van der Waals surface area (Å²) in [6.07, 6.45) is 7.09. The monoisotopic (exact) mass is 367 g/mol. The molecule has 27 heavy (non-hydrogen) atoms. The Morgan fingerprint density at radius 2 is 2.00 bits per heavy atom. The van der Waals surface area contributed by atoms with E-state index >= 15 is 0 Å². The van der Waals surface area contributed by atoms with Crippen molar-refractivity contribution in [3.8, 4) is 0 Å². The topological polar surface area (TPSA) is 77.9 Å². The van der Waals surface area contributed by atoms with Gasteiger partial charge in [-0.05, 0) is 52.3 Å². The third-order valence-electron chi connectivity index (χ3n) is 4.98. The van der Waals surface area contributed by atoms with Gasteiger partial charge in [-0.3, -0.25) is 0 Å². The molecule has 2 unspecified atom stereocenters. The minimum atomic E-state index is -0.721. The van der Waals surface area contributed by atoms with Crippen molar-refractivity contribution in [3.05, 3.63) is 69.9 Å². The van der Waals surface area contributed by atoms with Crippen LogP contribution in [0.4, 0.5) is 5.69 Å². The Morgan fingerprint density at radius 3 is 2.63 bits per heavy atom. The van der Waals surface area contributed by atoms with E-state index in [2.05, 4.69) is 45.8 Å². The summed E-state index contributed by atoms with van der Waals surface area (Å²) < 4.78 is 0. The molecule has 1 aromatic carbocycles. The Balaban J connectivity index is 2.55. The molecular weight excluding hydrogens is 338 g/mol. The van der Waals surface area contributed by atoms with Crippen molar-refractivity contribution in [1.29, 1.82) is 0 Å². The van der Waals surface area contributed by atoms with Gasteiger partial charge in [0.25, 0.3) is 0 Å². The van der Waals surface area contributed by atoms with Crippen LogP contribution < -0.4 is 16.0 Å². The van der Waals surface area contributed by atoms with Gasteiger partial charge in [0.2, 0.25) is 0 Å². The molecule has 0 saturated carbocycles. The minimum absolute atomic E-state index is 0.395. The molecule has 0 aromatic heterocycles. The number of rotatable bonds is 9. The zero-order chi connectivity index (χ0) is 19.9. The maximum absolute atomic E-state index is 11.4. The molecule has 0 bridgehead atoms. The first kappa shape index (κ1) is 20.7. The first-order valence-corrected chi connectivity index (χ1v) is 9.14. The summed E-state index contributed by atoms with van der Waals surface area (Å²) >= 11 is 0. The van der Waals surface area contributed by atoms with Gasteiger partial charge >= 0.3 is 0 Å². The Hall–Kier alpha value is -2.57. The summed E-state index contributed by atoms with van der Waals surface area (Å²) in [5.74, 6) is 0.688. The second-order valence-electron chi connectivity index (χ2n) is 6.71. The van der Waals surface area contributed by atoms with E-state index in [1.807, 2.05) is 51.4 Å². The van der Waals surface area contributed by atoms with Gasteiger partial charge in [-0.25, -0.2) is 4.99 Å². The fraction of sp³-hybridized carbons (Fsp3) is 0.381. The van der Waals surface area contributed by atoms with Crippen LogP contribution in [-0.2, 0) is 5.54 Å². The molecule has 0 saturated heterocycles. The minimum Gasteiger partial charge on any atom is -0.370 e. The zero-order valence-corrected chi connectivity index (χ0v) is 16.5. The zero-order valence-electron chi connectivity index (χ0n) is 16.5. The maximum Gasteiger partial charge on any atom is 0.130 e. The van der Waals surface area contributed by atoms with Crippen LogP contribution in [0.1, 0.15) is 25.8 Å². The van der Waals surface area contributed by atoms with Crippen LogP contribution in [0.25, 0.3) is 0 Å². The molecule has 1 aliphatic rings. The molecule has 1 aromatic rings. The fourth-order valence-corrected chi connectivity index (χ4v) is 3.32. The smallest absolute Gasteiger partial charge is 0.130 e. The Morgan fingerprint density at radius 1 is 1.26 bits per heavy atom. The molecule has 0 heterocycles. The number of aliphatic imine (C=N–C) groups is 1. The number of nitrogens with zero attached hydrogens (tertiary/aromatic N) is 2. The molecule has 2 atom stereocenters. The number of allylic oxidation sites excluding steroid dienone is 2. The van der Waals surface area contributed by atoms with E-state index in [1.165, 1.54) is 0 Å². The molecule has 3 N–H and O–H groups in total. The summed E-state index contributed by atoms with van der Waals surface area (Å²) in [5, 5.41) is 13.3. The normalized spacial score (nSPS) is 22.0. The van der Waals surface area contributed by atoms with Crippen molar-refractivity contribution in [3.63, 3.8) is 0 Å². The lowest BCUT2D eigenvalue weighted by molar-refractivity contribution is 0.517. The summed E-state index contributed by atoms with van der Waals surface area (Å²) in [5.41, 5.74) is 2.45. The molecule has 0 amide bonds. The SMILES string of the molecule is C=N/C(NCCC(C)NC)=C1/C=CC(C)=CC1(NC)c1ccccc1N=O. The second kappa shape index (κ2) is 9.39. The van der Waals surface area contributed by atoms with E-state index in [1.54, 1.807) is 6.07 Å². The molecule has 0 spiro atoms. The van der Waals surface area contributed by atoms with Gasteiger partial charge in [-0.1, -0.05) is 42.0 Å². The molecule has 6 heteroatoms. The highest BCUT2D eigenvalue weighted by atomic mass is 16.3. The number of benzene rings is 1. The average Bonchev–Trinajstić information content (AvgIpc) is 2.71. The fourth-order valence-electron chi connectivity index (χ4n) is 3.32. The van der Waals surface area contributed by atoms with E-state index in [0.29, 0.717) is 17.6 Å². The van der Waals surface area contributed by atoms with Crippen LogP contribution in [0.2, 0.25) is 0 Å². The van der Waals surface area contributed by atoms with Crippen molar-refractivity contribution in [2.75, 3.05) is 20.6 Å². The molecular formula is C21H29N5O. The first-order valence-electron chi connectivity index (χ1n) is 9.14. The lowest BCUT2D eigenvalue weighted by Crippen LogP contribution is -2.42. The van der Waals surface area contributed by atoms with Gasteiger partial charge < -0.3 is 16.0 Å². The van der Waals surface area contributed by atoms with Gasteiger partial charge in [0.05, 0.1) is 5.54 Å². The van der Waals surface area contributed by atoms with Crippen LogP contribution in [0.3, 0.4) is 0 Å². The lowest BCUT2D eigenvalue weighted by atomic mass is 9.77.